The van der Waals surface area contributed by atoms with Gasteiger partial charge < -0.3 is 15.1 Å². The summed E-state index contributed by atoms with van der Waals surface area (Å²) in [7, 11) is 0. The average Bonchev–Trinajstić information content (AvgIpc) is 2.99. The third kappa shape index (κ3) is 8.55. The summed E-state index contributed by atoms with van der Waals surface area (Å²) in [6.07, 6.45) is 10.4. The first-order valence-corrected chi connectivity index (χ1v) is 10.3. The molecule has 162 valence electrons. The van der Waals surface area contributed by atoms with Crippen LogP contribution in [-0.2, 0) is 11.2 Å². The summed E-state index contributed by atoms with van der Waals surface area (Å²) in [6, 6.07) is 8.09. The molecule has 0 radical (unpaired) electrons. The zero-order valence-electron chi connectivity index (χ0n) is 16.5. The van der Waals surface area contributed by atoms with Crippen molar-refractivity contribution in [3.05, 3.63) is 41.4 Å². The Hall–Kier alpha value is -1.27. The van der Waals surface area contributed by atoms with Gasteiger partial charge in [-0.3, -0.25) is 4.79 Å². The number of aromatic nitrogens is 1. The van der Waals surface area contributed by atoms with Crippen LogP contribution in [0.3, 0.4) is 0 Å². The maximum atomic E-state index is 12.0. The lowest BCUT2D eigenvalue weighted by Crippen LogP contribution is -2.36. The molecule has 1 saturated carbocycles. The van der Waals surface area contributed by atoms with Crippen LogP contribution in [0.25, 0.3) is 11.3 Å². The van der Waals surface area contributed by atoms with Crippen molar-refractivity contribution in [2.45, 2.75) is 57.4 Å². The van der Waals surface area contributed by atoms with E-state index >= 15 is 0 Å². The number of oxazole rings is 1. The second kappa shape index (κ2) is 13.9. The molecule has 1 amide bonds. The fourth-order valence-corrected chi connectivity index (χ4v) is 3.71. The van der Waals surface area contributed by atoms with Gasteiger partial charge in [0.2, 0.25) is 5.91 Å². The van der Waals surface area contributed by atoms with E-state index in [9.17, 15) is 4.79 Å². The predicted molar refractivity (Wildman–Crippen MR) is 122 cm³/mol. The van der Waals surface area contributed by atoms with E-state index in [4.69, 9.17) is 16.0 Å². The first kappa shape index (κ1) is 25.8. The second-order valence-corrected chi connectivity index (χ2v) is 7.50. The lowest BCUT2D eigenvalue weighted by molar-refractivity contribution is -0.121. The molecular formula is C21H30Cl3N3O2. The first-order valence-electron chi connectivity index (χ1n) is 9.92. The van der Waals surface area contributed by atoms with Crippen LogP contribution in [-0.4, -0.2) is 30.0 Å². The van der Waals surface area contributed by atoms with E-state index in [0.29, 0.717) is 42.1 Å². The van der Waals surface area contributed by atoms with Crippen LogP contribution in [0.5, 0.6) is 0 Å². The minimum atomic E-state index is 0. The summed E-state index contributed by atoms with van der Waals surface area (Å²) < 4.78 is 5.73. The molecule has 3 rings (SSSR count). The Balaban J connectivity index is 0.00000210. The van der Waals surface area contributed by atoms with Crippen LogP contribution >= 0.6 is 36.4 Å². The first-order chi connectivity index (χ1) is 13.2. The van der Waals surface area contributed by atoms with Crippen LogP contribution < -0.4 is 10.6 Å². The molecule has 0 bridgehead atoms. The molecular weight excluding hydrogens is 433 g/mol. The topological polar surface area (TPSA) is 67.2 Å². The molecule has 2 aromatic rings. The Kier molecular flexibility index (Phi) is 12.3. The van der Waals surface area contributed by atoms with Gasteiger partial charge in [-0.25, -0.2) is 4.98 Å². The van der Waals surface area contributed by atoms with Gasteiger partial charge >= 0.3 is 0 Å². The normalized spacial score (nSPS) is 14.4. The number of halogens is 3. The van der Waals surface area contributed by atoms with Gasteiger partial charge in [0, 0.05) is 37.5 Å². The minimum Gasteiger partial charge on any atom is -0.441 e. The Bertz CT molecular complexity index is 731. The smallest absolute Gasteiger partial charge is 0.220 e. The molecule has 1 aliphatic carbocycles. The van der Waals surface area contributed by atoms with Crippen LogP contribution in [0.2, 0.25) is 5.02 Å². The standard InChI is InChI=1S/C21H28ClN3O2.2ClH/c22-18-10-6-5-9-17(18)19-15-25-21(27-19)12-11-20(26)24-14-13-23-16-7-3-1-2-4-8-16;;/h5-6,9-10,15-16,23H,1-4,7-8,11-14H2,(H,24,26);2*1H. The van der Waals surface area contributed by atoms with Gasteiger partial charge in [0.05, 0.1) is 11.2 Å². The van der Waals surface area contributed by atoms with Crippen molar-refractivity contribution >= 4 is 42.3 Å². The van der Waals surface area contributed by atoms with E-state index in [2.05, 4.69) is 15.6 Å². The molecule has 1 aromatic heterocycles. The SMILES string of the molecule is Cl.Cl.O=C(CCc1ncc(-c2ccccc2Cl)o1)NCCNC1CCCCCC1. The zero-order valence-corrected chi connectivity index (χ0v) is 18.9. The lowest BCUT2D eigenvalue weighted by atomic mass is 10.1. The number of hydrogen-bond donors (Lipinski definition) is 2. The molecule has 1 fully saturated rings. The van der Waals surface area contributed by atoms with Gasteiger partial charge in [-0.1, -0.05) is 49.4 Å². The van der Waals surface area contributed by atoms with Crippen molar-refractivity contribution in [2.24, 2.45) is 0 Å². The summed E-state index contributed by atoms with van der Waals surface area (Å²) in [5.41, 5.74) is 0.812. The number of carbonyl (C=O) groups excluding carboxylic acids is 1. The number of nitrogens with zero attached hydrogens (tertiary/aromatic N) is 1. The highest BCUT2D eigenvalue weighted by Gasteiger charge is 2.12. The molecule has 1 aromatic carbocycles. The summed E-state index contributed by atoms with van der Waals surface area (Å²) in [4.78, 5) is 16.3. The molecule has 0 aliphatic heterocycles. The highest BCUT2D eigenvalue weighted by molar-refractivity contribution is 6.33. The third-order valence-corrected chi connectivity index (χ3v) is 5.32. The second-order valence-electron chi connectivity index (χ2n) is 7.09. The fourth-order valence-electron chi connectivity index (χ4n) is 3.48. The largest absolute Gasteiger partial charge is 0.441 e. The van der Waals surface area contributed by atoms with E-state index in [0.717, 1.165) is 12.1 Å². The van der Waals surface area contributed by atoms with E-state index in [-0.39, 0.29) is 30.7 Å². The van der Waals surface area contributed by atoms with Gasteiger partial charge in [-0.2, -0.15) is 0 Å². The maximum absolute atomic E-state index is 12.0. The van der Waals surface area contributed by atoms with Crippen LogP contribution in [0.15, 0.2) is 34.9 Å². The quantitative estimate of drug-likeness (QED) is 0.418. The Morgan fingerprint density at radius 1 is 1.10 bits per heavy atom. The molecule has 29 heavy (non-hydrogen) atoms. The molecule has 0 saturated heterocycles. The van der Waals surface area contributed by atoms with Crippen LogP contribution in [0.4, 0.5) is 0 Å². The van der Waals surface area contributed by atoms with Gasteiger partial charge in [0.25, 0.3) is 0 Å². The number of nitrogens with one attached hydrogen (secondary N) is 2. The Morgan fingerprint density at radius 3 is 2.55 bits per heavy atom. The highest BCUT2D eigenvalue weighted by atomic mass is 35.5. The van der Waals surface area contributed by atoms with E-state index < -0.39 is 0 Å². The monoisotopic (exact) mass is 461 g/mol. The van der Waals surface area contributed by atoms with Crippen molar-refractivity contribution < 1.29 is 9.21 Å². The zero-order chi connectivity index (χ0) is 18.9. The number of hydrogen-bond acceptors (Lipinski definition) is 4. The van der Waals surface area contributed by atoms with Crippen LogP contribution in [0.1, 0.15) is 50.8 Å². The molecule has 5 nitrogen and oxygen atoms in total. The maximum Gasteiger partial charge on any atom is 0.220 e. The number of benzene rings is 1. The Labute approximate surface area is 190 Å². The Morgan fingerprint density at radius 2 is 1.83 bits per heavy atom. The van der Waals surface area contributed by atoms with Crippen molar-refractivity contribution in [3.8, 4) is 11.3 Å². The molecule has 0 atom stereocenters. The highest BCUT2D eigenvalue weighted by Crippen LogP contribution is 2.28. The van der Waals surface area contributed by atoms with Gasteiger partial charge in [0.1, 0.15) is 0 Å². The number of carbonyl (C=O) groups is 1. The van der Waals surface area contributed by atoms with Gasteiger partial charge in [-0.15, -0.1) is 24.8 Å². The van der Waals surface area contributed by atoms with Crippen LogP contribution in [0, 0.1) is 0 Å². The van der Waals surface area contributed by atoms with Crippen molar-refractivity contribution in [1.29, 1.82) is 0 Å². The molecule has 1 heterocycles. The predicted octanol–water partition coefficient (Wildman–Crippen LogP) is 5.20. The van der Waals surface area contributed by atoms with Crippen molar-refractivity contribution in [2.75, 3.05) is 13.1 Å². The molecule has 2 N–H and O–H groups in total. The summed E-state index contributed by atoms with van der Waals surface area (Å²) in [5.74, 6) is 1.20. The minimum absolute atomic E-state index is 0. The summed E-state index contributed by atoms with van der Waals surface area (Å²) in [6.45, 7) is 1.48. The average molecular weight is 463 g/mol. The number of rotatable bonds is 8. The summed E-state index contributed by atoms with van der Waals surface area (Å²) in [5, 5.41) is 7.15. The molecule has 1 aliphatic rings. The fraction of sp³-hybridized carbons (Fsp3) is 0.524. The number of aryl methyl sites for hydroxylation is 1. The molecule has 8 heteroatoms. The van der Waals surface area contributed by atoms with E-state index in [1.165, 1.54) is 38.5 Å². The van der Waals surface area contributed by atoms with Gasteiger partial charge in [-0.05, 0) is 25.0 Å². The van der Waals surface area contributed by atoms with Crippen molar-refractivity contribution in [3.63, 3.8) is 0 Å². The van der Waals surface area contributed by atoms with Crippen molar-refractivity contribution in [1.82, 2.24) is 15.6 Å². The number of amides is 1. The summed E-state index contributed by atoms with van der Waals surface area (Å²) >= 11 is 6.17. The van der Waals surface area contributed by atoms with E-state index in [1.54, 1.807) is 6.20 Å². The lowest BCUT2D eigenvalue weighted by Gasteiger charge is -2.16. The molecule has 0 spiro atoms. The van der Waals surface area contributed by atoms with E-state index in [1.807, 2.05) is 24.3 Å². The molecule has 0 unspecified atom stereocenters. The third-order valence-electron chi connectivity index (χ3n) is 4.99. The van der Waals surface area contributed by atoms with Gasteiger partial charge in [0.15, 0.2) is 11.7 Å².